The van der Waals surface area contributed by atoms with Crippen molar-refractivity contribution in [2.75, 3.05) is 10.6 Å². The number of hydrogen-bond donors (Lipinski definition) is 2. The van der Waals surface area contributed by atoms with Gasteiger partial charge in [-0.25, -0.2) is 4.98 Å². The molecule has 0 fully saturated rings. The van der Waals surface area contributed by atoms with Gasteiger partial charge in [-0.15, -0.1) is 0 Å². The summed E-state index contributed by atoms with van der Waals surface area (Å²) >= 11 is 0. The highest BCUT2D eigenvalue weighted by atomic mass is 19.4. The van der Waals surface area contributed by atoms with Crippen LogP contribution in [-0.2, 0) is 17.4 Å². The average molecular weight is 425 g/mol. The van der Waals surface area contributed by atoms with Crippen molar-refractivity contribution < 1.29 is 18.0 Å². The zero-order valence-electron chi connectivity index (χ0n) is 16.4. The first kappa shape index (κ1) is 20.4. The summed E-state index contributed by atoms with van der Waals surface area (Å²) in [5.74, 6) is 0.370. The highest BCUT2D eigenvalue weighted by molar-refractivity contribution is 5.92. The Hall–Kier alpha value is -3.88. The van der Waals surface area contributed by atoms with Gasteiger partial charge in [0, 0.05) is 23.8 Å². The Morgan fingerprint density at radius 2 is 1.81 bits per heavy atom. The van der Waals surface area contributed by atoms with Crippen molar-refractivity contribution in [2.24, 2.45) is 0 Å². The molecule has 1 amide bonds. The van der Waals surface area contributed by atoms with Gasteiger partial charge in [-0.05, 0) is 42.3 Å². The van der Waals surface area contributed by atoms with E-state index in [1.165, 1.54) is 19.1 Å². The van der Waals surface area contributed by atoms with E-state index in [2.05, 4.69) is 20.6 Å². The minimum absolute atomic E-state index is 0.0385. The van der Waals surface area contributed by atoms with Crippen LogP contribution in [0.3, 0.4) is 0 Å². The number of benzene rings is 2. The summed E-state index contributed by atoms with van der Waals surface area (Å²) in [4.78, 5) is 20.6. The topological polar surface area (TPSA) is 71.3 Å². The molecule has 0 bridgehead atoms. The molecule has 9 heteroatoms. The third-order valence-corrected chi connectivity index (χ3v) is 4.74. The number of carbonyl (C=O) groups excluding carboxylic acids is 1. The number of aryl methyl sites for hydroxylation is 1. The zero-order valence-corrected chi connectivity index (χ0v) is 16.4. The Bertz CT molecular complexity index is 1230. The number of carbonyl (C=O) groups is 1. The predicted octanol–water partition coefficient (Wildman–Crippen LogP) is 4.98. The van der Waals surface area contributed by atoms with Gasteiger partial charge in [0.1, 0.15) is 5.82 Å². The SMILES string of the molecule is Cc1ccc(NC(=O)Cc2ccc(Nc3cnc4cnccn34)cc2)cc1C(F)(F)F. The first-order valence-electron chi connectivity index (χ1n) is 9.40. The fourth-order valence-corrected chi connectivity index (χ4v) is 3.18. The number of hydrogen-bond acceptors (Lipinski definition) is 4. The lowest BCUT2D eigenvalue weighted by Gasteiger charge is -2.13. The smallest absolute Gasteiger partial charge is 0.340 e. The molecule has 0 aliphatic carbocycles. The largest absolute Gasteiger partial charge is 0.416 e. The van der Waals surface area contributed by atoms with Gasteiger partial charge in [0.2, 0.25) is 5.91 Å². The van der Waals surface area contributed by atoms with Crippen LogP contribution >= 0.6 is 0 Å². The summed E-state index contributed by atoms with van der Waals surface area (Å²) in [7, 11) is 0. The van der Waals surface area contributed by atoms with Crippen LogP contribution in [0.2, 0.25) is 0 Å². The van der Waals surface area contributed by atoms with Crippen LogP contribution in [0.1, 0.15) is 16.7 Å². The lowest BCUT2D eigenvalue weighted by Crippen LogP contribution is -2.15. The molecule has 2 aromatic heterocycles. The Morgan fingerprint density at radius 3 is 2.55 bits per heavy atom. The molecule has 2 heterocycles. The molecule has 2 N–H and O–H groups in total. The summed E-state index contributed by atoms with van der Waals surface area (Å²) in [5, 5.41) is 5.77. The van der Waals surface area contributed by atoms with Crippen LogP contribution in [0.4, 0.5) is 30.4 Å². The first-order chi connectivity index (χ1) is 14.8. The van der Waals surface area contributed by atoms with Crippen molar-refractivity contribution in [3.8, 4) is 0 Å². The van der Waals surface area contributed by atoms with E-state index in [0.29, 0.717) is 5.65 Å². The summed E-state index contributed by atoms with van der Waals surface area (Å²) in [5.41, 5.74) is 1.70. The van der Waals surface area contributed by atoms with E-state index in [0.717, 1.165) is 23.1 Å². The predicted molar refractivity (Wildman–Crippen MR) is 111 cm³/mol. The lowest BCUT2D eigenvalue weighted by atomic mass is 10.1. The molecule has 6 nitrogen and oxygen atoms in total. The quantitative estimate of drug-likeness (QED) is 0.473. The van der Waals surface area contributed by atoms with Gasteiger partial charge in [-0.2, -0.15) is 13.2 Å². The van der Waals surface area contributed by atoms with E-state index in [9.17, 15) is 18.0 Å². The molecule has 0 spiro atoms. The van der Waals surface area contributed by atoms with Crippen LogP contribution in [0.5, 0.6) is 0 Å². The molecule has 0 aliphatic rings. The molecule has 0 radical (unpaired) electrons. The molecular weight excluding hydrogens is 407 g/mol. The zero-order chi connectivity index (χ0) is 22.0. The van der Waals surface area contributed by atoms with Gasteiger partial charge in [-0.3, -0.25) is 14.2 Å². The van der Waals surface area contributed by atoms with Crippen molar-refractivity contribution >= 4 is 28.7 Å². The second kappa shape index (κ2) is 8.10. The van der Waals surface area contributed by atoms with Gasteiger partial charge in [0.05, 0.1) is 24.4 Å². The maximum absolute atomic E-state index is 13.0. The van der Waals surface area contributed by atoms with Crippen molar-refractivity contribution in [3.05, 3.63) is 83.9 Å². The lowest BCUT2D eigenvalue weighted by molar-refractivity contribution is -0.138. The van der Waals surface area contributed by atoms with E-state index in [1.54, 1.807) is 36.9 Å². The summed E-state index contributed by atoms with van der Waals surface area (Å²) in [6.45, 7) is 1.38. The molecule has 4 aromatic rings. The van der Waals surface area contributed by atoms with Crippen LogP contribution in [0.15, 0.2) is 67.3 Å². The second-order valence-corrected chi connectivity index (χ2v) is 7.02. The number of anilines is 3. The maximum atomic E-state index is 13.0. The Labute approximate surface area is 175 Å². The van der Waals surface area contributed by atoms with E-state index in [4.69, 9.17) is 0 Å². The van der Waals surface area contributed by atoms with Crippen molar-refractivity contribution in [1.29, 1.82) is 0 Å². The molecule has 0 unspecified atom stereocenters. The Morgan fingerprint density at radius 1 is 1.06 bits per heavy atom. The standard InChI is InChI=1S/C22H18F3N5O/c1-14-2-5-17(11-18(14)22(23,24)25)29-21(31)10-15-3-6-16(7-4-15)28-20-13-27-19-12-26-8-9-30(19)20/h2-9,11-13,28H,10H2,1H3,(H,29,31). The number of nitrogens with zero attached hydrogens (tertiary/aromatic N) is 3. The summed E-state index contributed by atoms with van der Waals surface area (Å²) < 4.78 is 41.0. The third-order valence-electron chi connectivity index (χ3n) is 4.74. The van der Waals surface area contributed by atoms with Crippen molar-refractivity contribution in [1.82, 2.24) is 14.4 Å². The third kappa shape index (κ3) is 4.66. The highest BCUT2D eigenvalue weighted by Gasteiger charge is 2.32. The van der Waals surface area contributed by atoms with E-state index in [-0.39, 0.29) is 17.7 Å². The van der Waals surface area contributed by atoms with Crippen molar-refractivity contribution in [2.45, 2.75) is 19.5 Å². The van der Waals surface area contributed by atoms with E-state index in [1.807, 2.05) is 16.5 Å². The van der Waals surface area contributed by atoms with E-state index < -0.39 is 17.6 Å². The Balaban J connectivity index is 1.40. The summed E-state index contributed by atoms with van der Waals surface area (Å²) in [6, 6.07) is 10.9. The molecular formula is C22H18F3N5O. The number of fused-ring (bicyclic) bond motifs is 1. The fourth-order valence-electron chi connectivity index (χ4n) is 3.18. The number of nitrogens with one attached hydrogen (secondary N) is 2. The monoisotopic (exact) mass is 425 g/mol. The summed E-state index contributed by atoms with van der Waals surface area (Å²) in [6.07, 6.45) is 2.36. The van der Waals surface area contributed by atoms with Crippen molar-refractivity contribution in [3.63, 3.8) is 0 Å². The molecule has 0 saturated carbocycles. The number of halogens is 3. The molecule has 0 aliphatic heterocycles. The normalized spacial score (nSPS) is 11.5. The Kier molecular flexibility index (Phi) is 5.33. The fraction of sp³-hybridized carbons (Fsp3) is 0.136. The van der Waals surface area contributed by atoms with Gasteiger partial charge in [-0.1, -0.05) is 18.2 Å². The van der Waals surface area contributed by atoms with Crippen LogP contribution in [0, 0.1) is 6.92 Å². The number of aromatic nitrogens is 3. The number of rotatable bonds is 5. The second-order valence-electron chi connectivity index (χ2n) is 7.02. The maximum Gasteiger partial charge on any atom is 0.416 e. The molecule has 0 saturated heterocycles. The molecule has 2 aromatic carbocycles. The molecule has 4 rings (SSSR count). The van der Waals surface area contributed by atoms with Crippen LogP contribution in [0.25, 0.3) is 5.65 Å². The number of imidazole rings is 1. The first-order valence-corrected chi connectivity index (χ1v) is 9.40. The van der Waals surface area contributed by atoms with Crippen LogP contribution in [-0.4, -0.2) is 20.3 Å². The van der Waals surface area contributed by atoms with E-state index >= 15 is 0 Å². The molecule has 31 heavy (non-hydrogen) atoms. The number of amides is 1. The van der Waals surface area contributed by atoms with Gasteiger partial charge in [0.15, 0.2) is 5.65 Å². The minimum atomic E-state index is -4.47. The number of alkyl halides is 3. The minimum Gasteiger partial charge on any atom is -0.340 e. The van der Waals surface area contributed by atoms with Gasteiger partial charge >= 0.3 is 6.18 Å². The van der Waals surface area contributed by atoms with Crippen LogP contribution < -0.4 is 10.6 Å². The highest BCUT2D eigenvalue weighted by Crippen LogP contribution is 2.33. The van der Waals surface area contributed by atoms with Gasteiger partial charge < -0.3 is 10.6 Å². The molecule has 0 atom stereocenters. The molecule has 158 valence electrons. The average Bonchev–Trinajstić information content (AvgIpc) is 3.13. The van der Waals surface area contributed by atoms with Gasteiger partial charge in [0.25, 0.3) is 0 Å².